The van der Waals surface area contributed by atoms with Gasteiger partial charge in [-0.05, 0) is 75.5 Å². The molecule has 4 rings (SSSR count). The summed E-state index contributed by atoms with van der Waals surface area (Å²) in [6, 6.07) is 8.36. The molecule has 1 amide bonds. The molecule has 172 valence electrons. The minimum atomic E-state index is 0.249. The number of hydrogen-bond acceptors (Lipinski definition) is 3. The number of amides is 1. The monoisotopic (exact) mass is 471 g/mol. The van der Waals surface area contributed by atoms with Crippen molar-refractivity contribution in [1.29, 1.82) is 0 Å². The number of thioether (sulfide) groups is 1. The fourth-order valence-corrected chi connectivity index (χ4v) is 5.91. The summed E-state index contributed by atoms with van der Waals surface area (Å²) < 4.78 is 2.30. The molecule has 0 bridgehead atoms. The maximum Gasteiger partial charge on any atom is 0.233 e. The van der Waals surface area contributed by atoms with Gasteiger partial charge in [-0.2, -0.15) is 0 Å². The third kappa shape index (κ3) is 5.79. The number of nitrogens with zero attached hydrogens (tertiary/aromatic N) is 3. The molecule has 1 saturated heterocycles. The van der Waals surface area contributed by atoms with Gasteiger partial charge < -0.3 is 9.47 Å². The summed E-state index contributed by atoms with van der Waals surface area (Å²) >= 11 is 7.69. The van der Waals surface area contributed by atoms with Crippen molar-refractivity contribution < 1.29 is 4.79 Å². The van der Waals surface area contributed by atoms with E-state index in [4.69, 9.17) is 16.6 Å². The highest BCUT2D eigenvalue weighted by Crippen LogP contribution is 2.30. The first-order chi connectivity index (χ1) is 15.7. The van der Waals surface area contributed by atoms with E-state index in [-0.39, 0.29) is 5.91 Å². The van der Waals surface area contributed by atoms with Gasteiger partial charge in [0, 0.05) is 24.2 Å². The van der Waals surface area contributed by atoms with E-state index in [9.17, 15) is 4.79 Å². The van der Waals surface area contributed by atoms with Gasteiger partial charge in [-0.1, -0.05) is 54.1 Å². The third-order valence-corrected chi connectivity index (χ3v) is 7.97. The summed E-state index contributed by atoms with van der Waals surface area (Å²) in [5.74, 6) is 0.704. The second-order valence-corrected chi connectivity index (χ2v) is 10.3. The van der Waals surface area contributed by atoms with E-state index in [1.165, 1.54) is 32.1 Å². The second kappa shape index (κ2) is 11.4. The van der Waals surface area contributed by atoms with Crippen LogP contribution in [0.2, 0.25) is 5.02 Å². The Morgan fingerprint density at radius 3 is 2.78 bits per heavy atom. The number of likely N-dealkylation sites (tertiary alicyclic amines) is 1. The van der Waals surface area contributed by atoms with Crippen LogP contribution in [0.3, 0.4) is 0 Å². The zero-order valence-electron chi connectivity index (χ0n) is 19.1. The van der Waals surface area contributed by atoms with Gasteiger partial charge in [-0.3, -0.25) is 4.79 Å². The minimum absolute atomic E-state index is 0.249. The molecule has 1 atom stereocenters. The molecule has 1 aliphatic heterocycles. The molecule has 0 spiro atoms. The van der Waals surface area contributed by atoms with E-state index < -0.39 is 0 Å². The Balaban J connectivity index is 1.50. The van der Waals surface area contributed by atoms with Crippen molar-refractivity contribution in [2.45, 2.75) is 82.5 Å². The van der Waals surface area contributed by atoms with Gasteiger partial charge in [-0.15, -0.1) is 0 Å². The van der Waals surface area contributed by atoms with Crippen LogP contribution < -0.4 is 0 Å². The standard InChI is InChI=1S/C26H34ClN3OS/c1-2-23-10-6-7-16-29(23)25(31)19-32-26-28-18-24(21-11-13-22(27)14-12-21)30(26)17-15-20-8-4-3-5-9-20/h8,11-14,18,23H,2-7,9-10,15-17,19H2,1H3/t23-/m1/s1. The lowest BCUT2D eigenvalue weighted by Crippen LogP contribution is -2.44. The van der Waals surface area contributed by atoms with Crippen LogP contribution in [0.25, 0.3) is 11.3 Å². The molecular weight excluding hydrogens is 438 g/mol. The largest absolute Gasteiger partial charge is 0.339 e. The highest BCUT2D eigenvalue weighted by Gasteiger charge is 2.25. The van der Waals surface area contributed by atoms with Crippen LogP contribution >= 0.6 is 23.4 Å². The topological polar surface area (TPSA) is 38.1 Å². The molecule has 32 heavy (non-hydrogen) atoms. The number of piperidine rings is 1. The van der Waals surface area contributed by atoms with E-state index in [1.807, 2.05) is 18.3 Å². The molecule has 1 aromatic heterocycles. The van der Waals surface area contributed by atoms with E-state index in [0.717, 1.165) is 60.2 Å². The Bertz CT molecular complexity index is 937. The van der Waals surface area contributed by atoms with Gasteiger partial charge in [0.15, 0.2) is 5.16 Å². The van der Waals surface area contributed by atoms with Crippen LogP contribution in [-0.2, 0) is 11.3 Å². The summed E-state index contributed by atoms with van der Waals surface area (Å²) in [5, 5.41) is 1.67. The molecule has 1 aromatic carbocycles. The summed E-state index contributed by atoms with van der Waals surface area (Å²) in [7, 11) is 0. The first kappa shape index (κ1) is 23.4. The van der Waals surface area contributed by atoms with Crippen molar-refractivity contribution in [3.63, 3.8) is 0 Å². The number of benzene rings is 1. The first-order valence-electron chi connectivity index (χ1n) is 12.1. The summed E-state index contributed by atoms with van der Waals surface area (Å²) in [6.07, 6.45) is 15.0. The quantitative estimate of drug-likeness (QED) is 0.308. The van der Waals surface area contributed by atoms with Crippen LogP contribution in [-0.4, -0.2) is 38.7 Å². The molecule has 6 heteroatoms. The maximum atomic E-state index is 13.0. The minimum Gasteiger partial charge on any atom is -0.339 e. The van der Waals surface area contributed by atoms with Gasteiger partial charge in [0.05, 0.1) is 17.6 Å². The number of imidazole rings is 1. The lowest BCUT2D eigenvalue weighted by atomic mass is 9.97. The zero-order valence-corrected chi connectivity index (χ0v) is 20.6. The van der Waals surface area contributed by atoms with E-state index in [0.29, 0.717) is 11.8 Å². The fourth-order valence-electron chi connectivity index (χ4n) is 4.89. The summed E-state index contributed by atoms with van der Waals surface area (Å²) in [4.78, 5) is 19.9. The molecular formula is C26H34ClN3OS. The Hall–Kier alpha value is -1.72. The molecule has 4 nitrogen and oxygen atoms in total. The van der Waals surface area contributed by atoms with Gasteiger partial charge in [0.1, 0.15) is 0 Å². The van der Waals surface area contributed by atoms with Crippen molar-refractivity contribution in [3.05, 3.63) is 47.1 Å². The first-order valence-corrected chi connectivity index (χ1v) is 13.4. The Labute approximate surface area is 201 Å². The lowest BCUT2D eigenvalue weighted by molar-refractivity contribution is -0.132. The number of halogens is 1. The predicted octanol–water partition coefficient (Wildman–Crippen LogP) is 6.98. The lowest BCUT2D eigenvalue weighted by Gasteiger charge is -2.35. The number of aromatic nitrogens is 2. The second-order valence-electron chi connectivity index (χ2n) is 8.88. The molecule has 2 aromatic rings. The number of hydrogen-bond donors (Lipinski definition) is 0. The molecule has 2 aliphatic rings. The van der Waals surface area contributed by atoms with Crippen LogP contribution in [0, 0.1) is 0 Å². The van der Waals surface area contributed by atoms with Gasteiger partial charge >= 0.3 is 0 Å². The average Bonchev–Trinajstić information content (AvgIpc) is 3.25. The Morgan fingerprint density at radius 2 is 2.03 bits per heavy atom. The molecule has 0 unspecified atom stereocenters. The number of rotatable bonds is 8. The fraction of sp³-hybridized carbons (Fsp3) is 0.538. The SMILES string of the molecule is CC[C@@H]1CCCCN1C(=O)CSc1ncc(-c2ccc(Cl)cc2)n1CCC1=CCCCC1. The highest BCUT2D eigenvalue weighted by atomic mass is 35.5. The Kier molecular flexibility index (Phi) is 8.37. The van der Waals surface area contributed by atoms with E-state index >= 15 is 0 Å². The van der Waals surface area contributed by atoms with Crippen LogP contribution in [0.1, 0.15) is 64.7 Å². The predicted molar refractivity (Wildman–Crippen MR) is 134 cm³/mol. The maximum absolute atomic E-state index is 13.0. The van der Waals surface area contributed by atoms with Crippen molar-refractivity contribution in [2.24, 2.45) is 0 Å². The van der Waals surface area contributed by atoms with Crippen molar-refractivity contribution in [1.82, 2.24) is 14.5 Å². The molecule has 2 heterocycles. The highest BCUT2D eigenvalue weighted by molar-refractivity contribution is 7.99. The normalized spacial score (nSPS) is 19.1. The van der Waals surface area contributed by atoms with Gasteiger partial charge in [0.2, 0.25) is 5.91 Å². The van der Waals surface area contributed by atoms with Crippen molar-refractivity contribution >= 4 is 29.3 Å². The number of carbonyl (C=O) groups is 1. The summed E-state index contributed by atoms with van der Waals surface area (Å²) in [6.45, 7) is 3.98. The van der Waals surface area contributed by atoms with Crippen LogP contribution in [0.5, 0.6) is 0 Å². The molecule has 0 radical (unpaired) electrons. The molecule has 1 aliphatic carbocycles. The zero-order chi connectivity index (χ0) is 22.3. The van der Waals surface area contributed by atoms with Crippen LogP contribution in [0.15, 0.2) is 47.3 Å². The molecule has 0 saturated carbocycles. The molecule has 0 N–H and O–H groups in total. The summed E-state index contributed by atoms with van der Waals surface area (Å²) in [5.41, 5.74) is 3.76. The third-order valence-electron chi connectivity index (χ3n) is 6.74. The van der Waals surface area contributed by atoms with E-state index in [1.54, 1.807) is 17.3 Å². The van der Waals surface area contributed by atoms with Crippen LogP contribution in [0.4, 0.5) is 0 Å². The van der Waals surface area contributed by atoms with Crippen molar-refractivity contribution in [3.8, 4) is 11.3 Å². The number of allylic oxidation sites excluding steroid dienone is 2. The van der Waals surface area contributed by atoms with Gasteiger partial charge in [-0.25, -0.2) is 4.98 Å². The van der Waals surface area contributed by atoms with Crippen molar-refractivity contribution in [2.75, 3.05) is 12.3 Å². The number of carbonyl (C=O) groups excluding carboxylic acids is 1. The van der Waals surface area contributed by atoms with Gasteiger partial charge in [0.25, 0.3) is 0 Å². The average molecular weight is 472 g/mol. The smallest absolute Gasteiger partial charge is 0.233 e. The molecule has 1 fully saturated rings. The van der Waals surface area contributed by atoms with E-state index in [2.05, 4.69) is 34.6 Å². The Morgan fingerprint density at radius 1 is 1.19 bits per heavy atom.